The van der Waals surface area contributed by atoms with Gasteiger partial charge >= 0.3 is 0 Å². The molecule has 0 aromatic rings. The van der Waals surface area contributed by atoms with Crippen LogP contribution in [-0.4, -0.2) is 0 Å². The molecule has 0 nitrogen and oxygen atoms in total. The molecule has 0 amide bonds. The Bertz CT molecular complexity index is 94.2. The molecule has 0 spiro atoms. The number of hydrogen-bond acceptors (Lipinski definition) is 0. The summed E-state index contributed by atoms with van der Waals surface area (Å²) in [7, 11) is 0. The normalized spacial score (nSPS) is 12.8. The molecule has 72 valence electrons. The average molecular weight is 168 g/mol. The van der Waals surface area contributed by atoms with E-state index in [0.29, 0.717) is 0 Å². The Hall–Kier alpha value is -0.260. The molecule has 0 fully saturated rings. The Labute approximate surface area is 78.1 Å². The van der Waals surface area contributed by atoms with Crippen molar-refractivity contribution in [3.05, 3.63) is 12.7 Å². The lowest BCUT2D eigenvalue weighted by molar-refractivity contribution is 0.463. The summed E-state index contributed by atoms with van der Waals surface area (Å²) in [5, 5.41) is 0. The number of unbranched alkanes of at least 4 members (excludes halogenated alkanes) is 3. The van der Waals surface area contributed by atoms with Crippen molar-refractivity contribution >= 4 is 0 Å². The Morgan fingerprint density at radius 2 is 1.92 bits per heavy atom. The Morgan fingerprint density at radius 3 is 2.50 bits per heavy atom. The van der Waals surface area contributed by atoms with Gasteiger partial charge in [-0.05, 0) is 18.8 Å². The molecule has 0 saturated heterocycles. The first-order valence-corrected chi connectivity index (χ1v) is 5.42. The molecule has 0 saturated carbocycles. The highest BCUT2D eigenvalue weighted by Crippen LogP contribution is 2.15. The molecular formula is C12H24. The lowest BCUT2D eigenvalue weighted by atomic mass is 9.98. The van der Waals surface area contributed by atoms with Gasteiger partial charge in [0.15, 0.2) is 0 Å². The standard InChI is InChI=1S/C12H24/c1-4-6-8-9-11-12(3)10-7-5-2/h5,12H,2,4,6-11H2,1,3H3/t12-/m1/s1. The number of hydrogen-bond donors (Lipinski definition) is 0. The van der Waals surface area contributed by atoms with Crippen molar-refractivity contribution < 1.29 is 0 Å². The largest absolute Gasteiger partial charge is 0.103 e. The molecule has 12 heavy (non-hydrogen) atoms. The minimum absolute atomic E-state index is 0.903. The van der Waals surface area contributed by atoms with Gasteiger partial charge in [-0.3, -0.25) is 0 Å². The fraction of sp³-hybridized carbons (Fsp3) is 0.833. The molecule has 0 heterocycles. The van der Waals surface area contributed by atoms with Gasteiger partial charge in [-0.2, -0.15) is 0 Å². The summed E-state index contributed by atoms with van der Waals surface area (Å²) in [6, 6.07) is 0. The lowest BCUT2D eigenvalue weighted by Crippen LogP contribution is -1.93. The predicted molar refractivity (Wildman–Crippen MR) is 57.4 cm³/mol. The first-order chi connectivity index (χ1) is 5.81. The third-order valence-electron chi connectivity index (χ3n) is 2.41. The Kier molecular flexibility index (Phi) is 8.64. The Morgan fingerprint density at radius 1 is 1.17 bits per heavy atom. The summed E-state index contributed by atoms with van der Waals surface area (Å²) in [6.45, 7) is 8.36. The van der Waals surface area contributed by atoms with Crippen LogP contribution in [0.3, 0.4) is 0 Å². The molecule has 0 N–H and O–H groups in total. The van der Waals surface area contributed by atoms with Gasteiger partial charge in [0.25, 0.3) is 0 Å². The van der Waals surface area contributed by atoms with Crippen LogP contribution in [0.25, 0.3) is 0 Å². The van der Waals surface area contributed by atoms with Gasteiger partial charge in [-0.1, -0.05) is 52.0 Å². The zero-order valence-electron chi connectivity index (χ0n) is 8.81. The van der Waals surface area contributed by atoms with Gasteiger partial charge in [0.2, 0.25) is 0 Å². The molecule has 0 aliphatic rings. The van der Waals surface area contributed by atoms with Crippen LogP contribution in [0.2, 0.25) is 0 Å². The second-order valence-electron chi connectivity index (χ2n) is 3.82. The van der Waals surface area contributed by atoms with E-state index in [1.165, 1.54) is 44.9 Å². The van der Waals surface area contributed by atoms with E-state index in [9.17, 15) is 0 Å². The second kappa shape index (κ2) is 8.83. The zero-order chi connectivity index (χ0) is 9.23. The van der Waals surface area contributed by atoms with Crippen LogP contribution in [0, 0.1) is 5.92 Å². The van der Waals surface area contributed by atoms with E-state index < -0.39 is 0 Å². The highest BCUT2D eigenvalue weighted by Gasteiger charge is 1.99. The van der Waals surface area contributed by atoms with Crippen molar-refractivity contribution in [2.75, 3.05) is 0 Å². The third kappa shape index (κ3) is 7.84. The van der Waals surface area contributed by atoms with E-state index in [1.807, 2.05) is 6.08 Å². The lowest BCUT2D eigenvalue weighted by Gasteiger charge is -2.08. The van der Waals surface area contributed by atoms with E-state index in [2.05, 4.69) is 20.4 Å². The maximum Gasteiger partial charge on any atom is -0.0351 e. The van der Waals surface area contributed by atoms with Gasteiger partial charge in [-0.15, -0.1) is 6.58 Å². The van der Waals surface area contributed by atoms with Gasteiger partial charge in [0.1, 0.15) is 0 Å². The van der Waals surface area contributed by atoms with Gasteiger partial charge in [0.05, 0.1) is 0 Å². The number of allylic oxidation sites excluding steroid dienone is 1. The smallest absolute Gasteiger partial charge is 0.0351 e. The second-order valence-corrected chi connectivity index (χ2v) is 3.82. The minimum Gasteiger partial charge on any atom is -0.103 e. The highest BCUT2D eigenvalue weighted by molar-refractivity contribution is 4.68. The van der Waals surface area contributed by atoms with Crippen LogP contribution in [0.4, 0.5) is 0 Å². The van der Waals surface area contributed by atoms with Crippen molar-refractivity contribution in [2.45, 2.75) is 58.8 Å². The maximum absolute atomic E-state index is 3.74. The monoisotopic (exact) mass is 168 g/mol. The molecule has 0 aromatic carbocycles. The molecule has 0 aromatic heterocycles. The summed E-state index contributed by atoms with van der Waals surface area (Å²) >= 11 is 0. The molecule has 0 rings (SSSR count). The van der Waals surface area contributed by atoms with Crippen LogP contribution < -0.4 is 0 Å². The van der Waals surface area contributed by atoms with Crippen LogP contribution in [0.15, 0.2) is 12.7 Å². The van der Waals surface area contributed by atoms with Gasteiger partial charge < -0.3 is 0 Å². The molecule has 0 bridgehead atoms. The van der Waals surface area contributed by atoms with Crippen LogP contribution in [-0.2, 0) is 0 Å². The molecule has 0 radical (unpaired) electrons. The summed E-state index contributed by atoms with van der Waals surface area (Å²) in [5.74, 6) is 0.903. The summed E-state index contributed by atoms with van der Waals surface area (Å²) in [6.07, 6.45) is 11.6. The quantitative estimate of drug-likeness (QED) is 0.368. The van der Waals surface area contributed by atoms with Crippen LogP contribution in [0.5, 0.6) is 0 Å². The van der Waals surface area contributed by atoms with E-state index in [4.69, 9.17) is 0 Å². The first-order valence-electron chi connectivity index (χ1n) is 5.42. The highest BCUT2D eigenvalue weighted by atomic mass is 14.1. The van der Waals surface area contributed by atoms with E-state index in [0.717, 1.165) is 5.92 Å². The van der Waals surface area contributed by atoms with Gasteiger partial charge in [-0.25, -0.2) is 0 Å². The maximum atomic E-state index is 3.74. The van der Waals surface area contributed by atoms with E-state index in [1.54, 1.807) is 0 Å². The molecule has 1 atom stereocenters. The summed E-state index contributed by atoms with van der Waals surface area (Å²) in [5.41, 5.74) is 0. The van der Waals surface area contributed by atoms with Crippen molar-refractivity contribution in [1.82, 2.24) is 0 Å². The summed E-state index contributed by atoms with van der Waals surface area (Å²) in [4.78, 5) is 0. The first kappa shape index (κ1) is 11.7. The number of rotatable bonds is 8. The topological polar surface area (TPSA) is 0 Å². The summed E-state index contributed by atoms with van der Waals surface area (Å²) < 4.78 is 0. The van der Waals surface area contributed by atoms with Crippen molar-refractivity contribution in [3.63, 3.8) is 0 Å². The van der Waals surface area contributed by atoms with Crippen LogP contribution >= 0.6 is 0 Å². The predicted octanol–water partition coefficient (Wildman–Crippen LogP) is 4.56. The SMILES string of the molecule is C=CCC[C@@H](C)CCCCCC. The molecule has 0 unspecified atom stereocenters. The minimum atomic E-state index is 0.903. The molecule has 0 aliphatic carbocycles. The zero-order valence-corrected chi connectivity index (χ0v) is 8.81. The molecule has 0 aliphatic heterocycles. The van der Waals surface area contributed by atoms with Crippen molar-refractivity contribution in [1.29, 1.82) is 0 Å². The Balaban J connectivity index is 3.07. The average Bonchev–Trinajstić information content (AvgIpc) is 2.09. The van der Waals surface area contributed by atoms with Gasteiger partial charge in [0, 0.05) is 0 Å². The third-order valence-corrected chi connectivity index (χ3v) is 2.41. The molecular weight excluding hydrogens is 144 g/mol. The fourth-order valence-electron chi connectivity index (χ4n) is 1.47. The van der Waals surface area contributed by atoms with Crippen molar-refractivity contribution in [3.8, 4) is 0 Å². The van der Waals surface area contributed by atoms with E-state index >= 15 is 0 Å². The van der Waals surface area contributed by atoms with E-state index in [-0.39, 0.29) is 0 Å². The fourth-order valence-corrected chi connectivity index (χ4v) is 1.47. The van der Waals surface area contributed by atoms with Crippen molar-refractivity contribution in [2.24, 2.45) is 5.92 Å². The molecule has 0 heteroatoms. The van der Waals surface area contributed by atoms with Crippen LogP contribution in [0.1, 0.15) is 58.8 Å².